The van der Waals surface area contributed by atoms with E-state index in [9.17, 15) is 9.59 Å². The van der Waals surface area contributed by atoms with E-state index in [1.807, 2.05) is 16.7 Å². The van der Waals surface area contributed by atoms with Crippen molar-refractivity contribution in [3.63, 3.8) is 0 Å². The third-order valence-corrected chi connectivity index (χ3v) is 4.77. The molecule has 6 heteroatoms. The molecule has 2 aliphatic rings. The van der Waals surface area contributed by atoms with Gasteiger partial charge in [-0.05, 0) is 19.3 Å². The van der Waals surface area contributed by atoms with Crippen LogP contribution >= 0.6 is 15.9 Å². The van der Waals surface area contributed by atoms with Crippen LogP contribution in [0.4, 0.5) is 0 Å². The van der Waals surface area contributed by atoms with E-state index < -0.39 is 0 Å². The van der Waals surface area contributed by atoms with Gasteiger partial charge in [-0.15, -0.1) is 0 Å². The van der Waals surface area contributed by atoms with E-state index in [4.69, 9.17) is 4.74 Å². The third-order valence-electron chi connectivity index (χ3n) is 3.73. The molecule has 2 fully saturated rings. The molecule has 0 radical (unpaired) electrons. The van der Waals surface area contributed by atoms with E-state index in [-0.39, 0.29) is 22.7 Å². The van der Waals surface area contributed by atoms with Crippen LogP contribution in [0.1, 0.15) is 26.2 Å². The lowest BCUT2D eigenvalue weighted by molar-refractivity contribution is -0.145. The molecule has 2 amide bonds. The van der Waals surface area contributed by atoms with Crippen LogP contribution in [0.25, 0.3) is 0 Å². The zero-order valence-electron chi connectivity index (χ0n) is 11.3. The first-order valence-corrected chi connectivity index (χ1v) is 7.88. The number of nitrogens with zero attached hydrogens (tertiary/aromatic N) is 2. The van der Waals surface area contributed by atoms with E-state index in [2.05, 4.69) is 15.9 Å². The third kappa shape index (κ3) is 3.48. The van der Waals surface area contributed by atoms with Gasteiger partial charge >= 0.3 is 0 Å². The highest BCUT2D eigenvalue weighted by atomic mass is 79.9. The second-order valence-corrected chi connectivity index (χ2v) is 6.13. The Labute approximate surface area is 122 Å². The second kappa shape index (κ2) is 6.70. The zero-order valence-corrected chi connectivity index (χ0v) is 12.9. The molecule has 2 saturated heterocycles. The van der Waals surface area contributed by atoms with Gasteiger partial charge in [-0.25, -0.2) is 0 Å². The van der Waals surface area contributed by atoms with Gasteiger partial charge in [0.25, 0.3) is 5.91 Å². The quantitative estimate of drug-likeness (QED) is 0.725. The lowest BCUT2D eigenvalue weighted by atomic mass is 10.2. The molecule has 0 aliphatic carbocycles. The average Bonchev–Trinajstić information content (AvgIpc) is 2.99. The minimum atomic E-state index is -0.248. The number of rotatable bonds is 3. The molecule has 0 N–H and O–H groups in total. The Bertz CT molecular complexity index is 337. The molecule has 2 heterocycles. The minimum absolute atomic E-state index is 0.0930. The Morgan fingerprint density at radius 2 is 1.89 bits per heavy atom. The summed E-state index contributed by atoms with van der Waals surface area (Å²) >= 11 is 3.38. The Hall–Kier alpha value is -0.620. The largest absolute Gasteiger partial charge is 0.368 e. The monoisotopic (exact) mass is 332 g/mol. The smallest absolute Gasteiger partial charge is 0.251 e. The molecular weight excluding hydrogens is 312 g/mol. The number of halogens is 1. The lowest BCUT2D eigenvalue weighted by Crippen LogP contribution is -2.54. The summed E-state index contributed by atoms with van der Waals surface area (Å²) in [5.41, 5.74) is 0. The molecule has 108 valence electrons. The Morgan fingerprint density at radius 1 is 1.26 bits per heavy atom. The van der Waals surface area contributed by atoms with Gasteiger partial charge in [-0.2, -0.15) is 0 Å². The van der Waals surface area contributed by atoms with Crippen molar-refractivity contribution in [3.05, 3.63) is 0 Å². The summed E-state index contributed by atoms with van der Waals surface area (Å²) in [6.45, 7) is 5.16. The highest BCUT2D eigenvalue weighted by molar-refractivity contribution is 9.10. The maximum absolute atomic E-state index is 12.2. The van der Waals surface area contributed by atoms with Crippen molar-refractivity contribution in [2.24, 2.45) is 0 Å². The number of carbonyl (C=O) groups is 2. The maximum Gasteiger partial charge on any atom is 0.251 e. The molecule has 0 spiro atoms. The first-order valence-electron chi connectivity index (χ1n) is 6.96. The summed E-state index contributed by atoms with van der Waals surface area (Å²) in [7, 11) is 0. The molecule has 2 atom stereocenters. The highest BCUT2D eigenvalue weighted by Crippen LogP contribution is 2.17. The molecule has 0 bridgehead atoms. The number of amides is 2. The fourth-order valence-electron chi connectivity index (χ4n) is 2.50. The summed E-state index contributed by atoms with van der Waals surface area (Å²) in [6, 6.07) is 0. The Kier molecular flexibility index (Phi) is 5.21. The van der Waals surface area contributed by atoms with Crippen LogP contribution in [0.3, 0.4) is 0 Å². The summed E-state index contributed by atoms with van der Waals surface area (Å²) < 4.78 is 5.42. The van der Waals surface area contributed by atoms with E-state index in [1.54, 1.807) is 0 Å². The normalized spacial score (nSPS) is 25.5. The summed E-state index contributed by atoms with van der Waals surface area (Å²) in [4.78, 5) is 27.7. The van der Waals surface area contributed by atoms with Crippen molar-refractivity contribution in [3.8, 4) is 0 Å². The van der Waals surface area contributed by atoms with Gasteiger partial charge in [0.1, 0.15) is 6.10 Å². The molecule has 0 saturated carbocycles. The van der Waals surface area contributed by atoms with Crippen molar-refractivity contribution in [1.82, 2.24) is 9.80 Å². The molecule has 19 heavy (non-hydrogen) atoms. The van der Waals surface area contributed by atoms with Crippen molar-refractivity contribution < 1.29 is 14.3 Å². The first kappa shape index (κ1) is 14.8. The van der Waals surface area contributed by atoms with Crippen LogP contribution in [-0.4, -0.2) is 65.3 Å². The van der Waals surface area contributed by atoms with Crippen LogP contribution in [-0.2, 0) is 14.3 Å². The lowest BCUT2D eigenvalue weighted by Gasteiger charge is -2.36. The predicted molar refractivity (Wildman–Crippen MR) is 75.1 cm³/mol. The fraction of sp³-hybridized carbons (Fsp3) is 0.846. The second-order valence-electron chi connectivity index (χ2n) is 5.03. The highest BCUT2D eigenvalue weighted by Gasteiger charge is 2.32. The van der Waals surface area contributed by atoms with Gasteiger partial charge in [-0.1, -0.05) is 22.9 Å². The van der Waals surface area contributed by atoms with Crippen LogP contribution < -0.4 is 0 Å². The fourth-order valence-corrected chi connectivity index (χ4v) is 2.79. The molecule has 0 aromatic rings. The topological polar surface area (TPSA) is 49.9 Å². The van der Waals surface area contributed by atoms with Crippen LogP contribution in [0.5, 0.6) is 0 Å². The summed E-state index contributed by atoms with van der Waals surface area (Å²) in [5, 5.41) is 0. The molecule has 2 aliphatic heterocycles. The first-order chi connectivity index (χ1) is 9.13. The molecule has 0 aromatic carbocycles. The van der Waals surface area contributed by atoms with Gasteiger partial charge in [0.05, 0.1) is 4.83 Å². The van der Waals surface area contributed by atoms with Gasteiger partial charge < -0.3 is 14.5 Å². The SMILES string of the molecule is CCC(Br)C(=O)N1CCN(C(=O)C2CCCO2)CC1. The maximum atomic E-state index is 12.2. The van der Waals surface area contributed by atoms with E-state index in [0.29, 0.717) is 32.8 Å². The number of hydrogen-bond donors (Lipinski definition) is 0. The van der Waals surface area contributed by atoms with Gasteiger partial charge in [-0.3, -0.25) is 9.59 Å². The molecular formula is C13H21BrN2O3. The number of carbonyl (C=O) groups excluding carboxylic acids is 2. The zero-order chi connectivity index (χ0) is 13.8. The molecule has 2 rings (SSSR count). The van der Waals surface area contributed by atoms with E-state index in [0.717, 1.165) is 19.3 Å². The Morgan fingerprint density at radius 3 is 2.42 bits per heavy atom. The van der Waals surface area contributed by atoms with Gasteiger partial charge in [0.2, 0.25) is 5.91 Å². The molecule has 5 nitrogen and oxygen atoms in total. The van der Waals surface area contributed by atoms with Crippen LogP contribution in [0.15, 0.2) is 0 Å². The number of ether oxygens (including phenoxy) is 1. The minimum Gasteiger partial charge on any atom is -0.368 e. The van der Waals surface area contributed by atoms with Gasteiger partial charge in [0.15, 0.2) is 0 Å². The Balaban J connectivity index is 1.81. The summed E-state index contributed by atoms with van der Waals surface area (Å²) in [5.74, 6) is 0.224. The van der Waals surface area contributed by atoms with E-state index >= 15 is 0 Å². The molecule has 2 unspecified atom stereocenters. The van der Waals surface area contributed by atoms with Crippen molar-refractivity contribution >= 4 is 27.7 Å². The number of hydrogen-bond acceptors (Lipinski definition) is 3. The van der Waals surface area contributed by atoms with Crippen LogP contribution in [0.2, 0.25) is 0 Å². The molecule has 0 aromatic heterocycles. The predicted octanol–water partition coefficient (Wildman–Crippen LogP) is 1.01. The number of piperazine rings is 1. The van der Waals surface area contributed by atoms with Crippen LogP contribution in [0, 0.1) is 0 Å². The average molecular weight is 333 g/mol. The number of alkyl halides is 1. The van der Waals surface area contributed by atoms with E-state index in [1.165, 1.54) is 0 Å². The summed E-state index contributed by atoms with van der Waals surface area (Å²) in [6.07, 6.45) is 2.34. The van der Waals surface area contributed by atoms with Crippen molar-refractivity contribution in [1.29, 1.82) is 0 Å². The standard InChI is InChI=1S/C13H21BrN2O3/c1-2-10(14)12(17)15-5-7-16(8-6-15)13(18)11-4-3-9-19-11/h10-11H,2-9H2,1H3. The van der Waals surface area contributed by atoms with Gasteiger partial charge in [0, 0.05) is 32.8 Å². The van der Waals surface area contributed by atoms with Crippen molar-refractivity contribution in [2.75, 3.05) is 32.8 Å². The van der Waals surface area contributed by atoms with Crippen molar-refractivity contribution in [2.45, 2.75) is 37.1 Å².